The van der Waals surface area contributed by atoms with Crippen molar-refractivity contribution in [2.45, 2.75) is 6.42 Å². The summed E-state index contributed by atoms with van der Waals surface area (Å²) in [6, 6.07) is 1.85. The van der Waals surface area contributed by atoms with E-state index in [9.17, 15) is 13.6 Å². The van der Waals surface area contributed by atoms with Crippen molar-refractivity contribution in [2.75, 3.05) is 13.7 Å². The third kappa shape index (κ3) is 2.86. The van der Waals surface area contributed by atoms with Crippen molar-refractivity contribution >= 4 is 6.08 Å². The predicted molar refractivity (Wildman–Crippen MR) is 49.6 cm³/mol. The monoisotopic (exact) mass is 213 g/mol. The van der Waals surface area contributed by atoms with E-state index in [-0.39, 0.29) is 24.3 Å². The van der Waals surface area contributed by atoms with Crippen LogP contribution < -0.4 is 4.74 Å². The summed E-state index contributed by atoms with van der Waals surface area (Å²) in [5.41, 5.74) is 0.206. The number of aliphatic imine (C=N–C) groups is 1. The van der Waals surface area contributed by atoms with Crippen LogP contribution in [0, 0.1) is 11.6 Å². The zero-order chi connectivity index (χ0) is 11.3. The molecule has 0 aliphatic carbocycles. The van der Waals surface area contributed by atoms with Crippen LogP contribution in [0.5, 0.6) is 5.75 Å². The minimum absolute atomic E-state index is 0.0996. The van der Waals surface area contributed by atoms with E-state index in [1.165, 1.54) is 13.2 Å². The largest absolute Gasteiger partial charge is 0.496 e. The molecule has 0 bridgehead atoms. The first kappa shape index (κ1) is 11.3. The minimum Gasteiger partial charge on any atom is -0.496 e. The van der Waals surface area contributed by atoms with Crippen molar-refractivity contribution in [3.05, 3.63) is 29.3 Å². The van der Waals surface area contributed by atoms with E-state index < -0.39 is 11.6 Å². The molecule has 0 aliphatic heterocycles. The summed E-state index contributed by atoms with van der Waals surface area (Å²) in [5, 5.41) is 0. The van der Waals surface area contributed by atoms with Crippen LogP contribution in [0.15, 0.2) is 17.1 Å². The van der Waals surface area contributed by atoms with E-state index in [0.717, 1.165) is 12.1 Å². The Bertz CT molecular complexity index is 401. The number of isocyanates is 1. The van der Waals surface area contributed by atoms with Gasteiger partial charge in [-0.3, -0.25) is 0 Å². The Morgan fingerprint density at radius 1 is 1.47 bits per heavy atom. The van der Waals surface area contributed by atoms with Crippen LogP contribution in [0.2, 0.25) is 0 Å². The number of carbonyl (C=O) groups excluding carboxylic acids is 1. The van der Waals surface area contributed by atoms with E-state index in [0.29, 0.717) is 0 Å². The Balaban J connectivity index is 2.98. The average Bonchev–Trinajstić information content (AvgIpc) is 2.20. The predicted octanol–water partition coefficient (Wildman–Crippen LogP) is 1.85. The summed E-state index contributed by atoms with van der Waals surface area (Å²) < 4.78 is 30.9. The fourth-order valence-electron chi connectivity index (χ4n) is 1.22. The van der Waals surface area contributed by atoms with Gasteiger partial charge >= 0.3 is 0 Å². The highest BCUT2D eigenvalue weighted by Gasteiger charge is 2.11. The van der Waals surface area contributed by atoms with Gasteiger partial charge in [0.2, 0.25) is 6.08 Å². The fraction of sp³-hybridized carbons (Fsp3) is 0.300. The highest BCUT2D eigenvalue weighted by atomic mass is 19.1. The lowest BCUT2D eigenvalue weighted by molar-refractivity contribution is 0.399. The number of hydrogen-bond donors (Lipinski definition) is 0. The zero-order valence-corrected chi connectivity index (χ0v) is 8.09. The molecule has 0 radical (unpaired) electrons. The van der Waals surface area contributed by atoms with Gasteiger partial charge in [0, 0.05) is 17.7 Å². The van der Waals surface area contributed by atoms with Gasteiger partial charge in [-0.15, -0.1) is 0 Å². The number of nitrogens with zero attached hydrogens (tertiary/aromatic N) is 1. The molecule has 80 valence electrons. The summed E-state index contributed by atoms with van der Waals surface area (Å²) in [7, 11) is 1.32. The third-order valence-corrected chi connectivity index (χ3v) is 1.88. The number of hydrogen-bond acceptors (Lipinski definition) is 3. The SMILES string of the molecule is COc1cc(F)cc(F)c1CCN=C=O. The van der Waals surface area contributed by atoms with Gasteiger partial charge in [0.15, 0.2) is 0 Å². The molecule has 0 atom stereocenters. The first-order valence-corrected chi connectivity index (χ1v) is 4.24. The van der Waals surface area contributed by atoms with E-state index in [1.807, 2.05) is 0 Å². The number of methoxy groups -OCH3 is 1. The minimum atomic E-state index is -0.702. The standard InChI is InChI=1S/C10H9F2NO2/c1-15-10-5-7(11)4-9(12)8(10)2-3-13-6-14/h4-5H,2-3H2,1H3. The molecule has 0 amide bonds. The number of halogens is 2. The van der Waals surface area contributed by atoms with Gasteiger partial charge in [-0.05, 0) is 6.42 Å². The van der Waals surface area contributed by atoms with E-state index in [1.54, 1.807) is 0 Å². The molecule has 0 spiro atoms. The maximum Gasteiger partial charge on any atom is 0.234 e. The lowest BCUT2D eigenvalue weighted by Gasteiger charge is -2.08. The van der Waals surface area contributed by atoms with Gasteiger partial charge in [0.25, 0.3) is 0 Å². The van der Waals surface area contributed by atoms with Crippen molar-refractivity contribution in [1.29, 1.82) is 0 Å². The van der Waals surface area contributed by atoms with Gasteiger partial charge in [-0.25, -0.2) is 18.6 Å². The molecule has 0 heterocycles. The molecular weight excluding hydrogens is 204 g/mol. The maximum atomic E-state index is 13.3. The van der Waals surface area contributed by atoms with Crippen LogP contribution in [-0.2, 0) is 11.2 Å². The van der Waals surface area contributed by atoms with Crippen molar-refractivity contribution in [1.82, 2.24) is 0 Å². The second-order valence-corrected chi connectivity index (χ2v) is 2.79. The van der Waals surface area contributed by atoms with Crippen molar-refractivity contribution in [2.24, 2.45) is 4.99 Å². The molecule has 5 heteroatoms. The molecule has 1 aromatic carbocycles. The summed E-state index contributed by atoms with van der Waals surface area (Å²) in [6.07, 6.45) is 1.52. The molecular formula is C10H9F2NO2. The average molecular weight is 213 g/mol. The highest BCUT2D eigenvalue weighted by molar-refractivity contribution is 5.37. The number of ether oxygens (including phenoxy) is 1. The van der Waals surface area contributed by atoms with Crippen LogP contribution in [0.3, 0.4) is 0 Å². The van der Waals surface area contributed by atoms with Gasteiger partial charge in [0.1, 0.15) is 17.4 Å². The highest BCUT2D eigenvalue weighted by Crippen LogP contribution is 2.23. The smallest absolute Gasteiger partial charge is 0.234 e. The molecule has 0 aromatic heterocycles. The van der Waals surface area contributed by atoms with E-state index >= 15 is 0 Å². The van der Waals surface area contributed by atoms with Crippen LogP contribution >= 0.6 is 0 Å². The van der Waals surface area contributed by atoms with E-state index in [2.05, 4.69) is 4.99 Å². The molecule has 0 saturated heterocycles. The van der Waals surface area contributed by atoms with Gasteiger partial charge in [0.05, 0.1) is 13.7 Å². The fourth-order valence-corrected chi connectivity index (χ4v) is 1.22. The Hall–Kier alpha value is -1.74. The third-order valence-electron chi connectivity index (χ3n) is 1.88. The summed E-state index contributed by atoms with van der Waals surface area (Å²) in [5.74, 6) is -1.28. The van der Waals surface area contributed by atoms with Crippen LogP contribution in [0.25, 0.3) is 0 Å². The molecule has 1 rings (SSSR count). The lowest BCUT2D eigenvalue weighted by atomic mass is 10.1. The molecule has 0 aliphatic rings. The molecule has 0 N–H and O–H groups in total. The van der Waals surface area contributed by atoms with Crippen molar-refractivity contribution in [3.8, 4) is 5.75 Å². The van der Waals surface area contributed by atoms with Crippen LogP contribution in [0.1, 0.15) is 5.56 Å². The van der Waals surface area contributed by atoms with Gasteiger partial charge in [-0.2, -0.15) is 0 Å². The summed E-state index contributed by atoms with van der Waals surface area (Å²) >= 11 is 0. The van der Waals surface area contributed by atoms with Crippen LogP contribution in [-0.4, -0.2) is 19.7 Å². The normalized spacial score (nSPS) is 9.53. The Morgan fingerprint density at radius 2 is 2.20 bits per heavy atom. The quantitative estimate of drug-likeness (QED) is 0.565. The maximum absolute atomic E-state index is 13.3. The number of rotatable bonds is 4. The van der Waals surface area contributed by atoms with E-state index in [4.69, 9.17) is 4.74 Å². The summed E-state index contributed by atoms with van der Waals surface area (Å²) in [4.78, 5) is 13.1. The molecule has 3 nitrogen and oxygen atoms in total. The molecule has 0 saturated carbocycles. The van der Waals surface area contributed by atoms with Gasteiger partial charge < -0.3 is 4.74 Å². The van der Waals surface area contributed by atoms with Gasteiger partial charge in [-0.1, -0.05) is 0 Å². The second kappa shape index (κ2) is 5.22. The second-order valence-electron chi connectivity index (χ2n) is 2.79. The first-order valence-electron chi connectivity index (χ1n) is 4.24. The topological polar surface area (TPSA) is 38.7 Å². The molecule has 15 heavy (non-hydrogen) atoms. The number of benzene rings is 1. The first-order chi connectivity index (χ1) is 7.19. The van der Waals surface area contributed by atoms with Crippen molar-refractivity contribution < 1.29 is 18.3 Å². The zero-order valence-electron chi connectivity index (χ0n) is 8.09. The molecule has 0 unspecified atom stereocenters. The van der Waals surface area contributed by atoms with Crippen LogP contribution in [0.4, 0.5) is 8.78 Å². The van der Waals surface area contributed by atoms with Crippen molar-refractivity contribution in [3.63, 3.8) is 0 Å². The lowest BCUT2D eigenvalue weighted by Crippen LogP contribution is -1.99. The Labute approximate surface area is 85.4 Å². The Morgan fingerprint density at radius 3 is 2.80 bits per heavy atom. The Kier molecular flexibility index (Phi) is 3.94. The molecule has 0 fully saturated rings. The molecule has 1 aromatic rings. The summed E-state index contributed by atoms with van der Waals surface area (Å²) in [6.45, 7) is 0.0996.